The van der Waals surface area contributed by atoms with Gasteiger partial charge in [0, 0.05) is 24.9 Å². The van der Waals surface area contributed by atoms with E-state index < -0.39 is 10.0 Å². The topological polar surface area (TPSA) is 75.2 Å². The summed E-state index contributed by atoms with van der Waals surface area (Å²) in [5.41, 5.74) is 0. The Bertz CT molecular complexity index is 503. The maximum atomic E-state index is 12.2. The Hall–Kier alpha value is -0.860. The van der Waals surface area contributed by atoms with Gasteiger partial charge in [-0.25, -0.2) is 18.4 Å². The van der Waals surface area contributed by atoms with Crippen LogP contribution in [0.5, 0.6) is 0 Å². The van der Waals surface area contributed by atoms with Crippen molar-refractivity contribution in [3.05, 3.63) is 12.4 Å². The fourth-order valence-electron chi connectivity index (χ4n) is 1.78. The van der Waals surface area contributed by atoms with Crippen molar-refractivity contribution in [3.63, 3.8) is 0 Å². The minimum atomic E-state index is -3.52. The Kier molecular flexibility index (Phi) is 4.08. The molecule has 0 bridgehead atoms. The highest BCUT2D eigenvalue weighted by molar-refractivity contribution is 7.89. The average molecular weight is 288 g/mol. The third-order valence-corrected chi connectivity index (χ3v) is 4.89. The minimum Gasteiger partial charge on any atom is -0.369 e. The van der Waals surface area contributed by atoms with Crippen molar-refractivity contribution >= 4 is 28.5 Å². The fraction of sp³-hybridized carbons (Fsp3) is 0.600. The maximum absolute atomic E-state index is 12.2. The Morgan fingerprint density at radius 2 is 2.28 bits per heavy atom. The molecule has 0 amide bonds. The van der Waals surface area contributed by atoms with Crippen LogP contribution in [0, 0.1) is 0 Å². The molecule has 1 aromatic rings. The number of sulfonamides is 1. The van der Waals surface area contributed by atoms with Crippen LogP contribution in [0.1, 0.15) is 13.3 Å². The standard InChI is InChI=1S/C10H16N4O2S2/c1-2-11-9-5-13-10(6-12-9)18(15,16)14-4-3-8(17)7-14/h5-6,8,17H,2-4,7H2,1H3,(H,11,12). The second kappa shape index (κ2) is 5.41. The van der Waals surface area contributed by atoms with Gasteiger partial charge in [0.05, 0.1) is 12.4 Å². The van der Waals surface area contributed by atoms with E-state index in [0.717, 1.165) is 6.42 Å². The number of rotatable bonds is 4. The predicted molar refractivity (Wildman–Crippen MR) is 72.3 cm³/mol. The molecule has 1 N–H and O–H groups in total. The van der Waals surface area contributed by atoms with Gasteiger partial charge in [-0.05, 0) is 13.3 Å². The average Bonchev–Trinajstić information content (AvgIpc) is 2.78. The molecule has 1 unspecified atom stereocenters. The predicted octanol–water partition coefficient (Wildman–Crippen LogP) is 0.601. The van der Waals surface area contributed by atoms with Gasteiger partial charge < -0.3 is 5.32 Å². The SMILES string of the molecule is CCNc1cnc(S(=O)(=O)N2CCC(S)C2)cn1. The molecule has 0 radical (unpaired) electrons. The molecule has 1 aliphatic rings. The summed E-state index contributed by atoms with van der Waals surface area (Å²) in [6.07, 6.45) is 3.50. The minimum absolute atomic E-state index is 0.00779. The van der Waals surface area contributed by atoms with Gasteiger partial charge in [-0.1, -0.05) is 0 Å². The van der Waals surface area contributed by atoms with Gasteiger partial charge in [0.15, 0.2) is 5.03 Å². The van der Waals surface area contributed by atoms with Crippen LogP contribution >= 0.6 is 12.6 Å². The molecule has 1 atom stereocenters. The number of nitrogens with one attached hydrogen (secondary N) is 1. The van der Waals surface area contributed by atoms with Crippen molar-refractivity contribution in [2.75, 3.05) is 25.0 Å². The Balaban J connectivity index is 2.19. The van der Waals surface area contributed by atoms with Crippen LogP contribution in [0.4, 0.5) is 5.82 Å². The zero-order valence-electron chi connectivity index (χ0n) is 10.1. The first-order valence-electron chi connectivity index (χ1n) is 5.78. The lowest BCUT2D eigenvalue weighted by Gasteiger charge is -2.14. The first-order chi connectivity index (χ1) is 8.54. The van der Waals surface area contributed by atoms with E-state index >= 15 is 0 Å². The summed E-state index contributed by atoms with van der Waals surface area (Å²) in [6.45, 7) is 3.58. The number of thiol groups is 1. The fourth-order valence-corrected chi connectivity index (χ4v) is 3.56. The van der Waals surface area contributed by atoms with Gasteiger partial charge in [0.2, 0.25) is 0 Å². The molecule has 1 aromatic heterocycles. The molecule has 18 heavy (non-hydrogen) atoms. The van der Waals surface area contributed by atoms with Crippen molar-refractivity contribution in [2.24, 2.45) is 0 Å². The third-order valence-electron chi connectivity index (χ3n) is 2.72. The zero-order chi connectivity index (χ0) is 13.2. The normalized spacial score (nSPS) is 21.1. The number of hydrogen-bond acceptors (Lipinski definition) is 6. The zero-order valence-corrected chi connectivity index (χ0v) is 11.8. The highest BCUT2D eigenvalue weighted by Crippen LogP contribution is 2.21. The summed E-state index contributed by atoms with van der Waals surface area (Å²) in [6, 6.07) is 0. The summed E-state index contributed by atoms with van der Waals surface area (Å²) in [5, 5.41) is 3.07. The smallest absolute Gasteiger partial charge is 0.262 e. The van der Waals surface area contributed by atoms with E-state index in [1.807, 2.05) is 6.92 Å². The molecular formula is C10H16N4O2S2. The van der Waals surface area contributed by atoms with Crippen LogP contribution in [0.15, 0.2) is 17.4 Å². The van der Waals surface area contributed by atoms with E-state index in [1.165, 1.54) is 16.7 Å². The van der Waals surface area contributed by atoms with Gasteiger partial charge in [0.1, 0.15) is 5.82 Å². The quantitative estimate of drug-likeness (QED) is 0.794. The number of aromatic nitrogens is 2. The number of hydrogen-bond donors (Lipinski definition) is 2. The molecule has 0 aromatic carbocycles. The Labute approximate surface area is 112 Å². The van der Waals surface area contributed by atoms with Crippen molar-refractivity contribution < 1.29 is 8.42 Å². The lowest BCUT2D eigenvalue weighted by molar-refractivity contribution is 0.474. The van der Waals surface area contributed by atoms with E-state index in [0.29, 0.717) is 25.5 Å². The summed E-state index contributed by atoms with van der Waals surface area (Å²) >= 11 is 4.29. The molecule has 0 saturated carbocycles. The third kappa shape index (κ3) is 2.76. The van der Waals surface area contributed by atoms with Crippen LogP contribution in [-0.4, -0.2) is 47.6 Å². The first-order valence-corrected chi connectivity index (χ1v) is 7.74. The molecule has 1 fully saturated rings. The van der Waals surface area contributed by atoms with Crippen LogP contribution < -0.4 is 5.32 Å². The molecule has 1 saturated heterocycles. The van der Waals surface area contributed by atoms with E-state index in [2.05, 4.69) is 27.9 Å². The summed E-state index contributed by atoms with van der Waals surface area (Å²) in [7, 11) is -3.52. The van der Waals surface area contributed by atoms with Gasteiger partial charge in [0.25, 0.3) is 10.0 Å². The van der Waals surface area contributed by atoms with Crippen molar-refractivity contribution in [2.45, 2.75) is 23.6 Å². The van der Waals surface area contributed by atoms with Crippen LogP contribution in [0.3, 0.4) is 0 Å². The maximum Gasteiger partial charge on any atom is 0.262 e. The summed E-state index contributed by atoms with van der Waals surface area (Å²) in [4.78, 5) is 7.99. The van der Waals surface area contributed by atoms with Gasteiger partial charge in [-0.2, -0.15) is 16.9 Å². The molecule has 0 spiro atoms. The molecule has 2 heterocycles. The molecule has 8 heteroatoms. The van der Waals surface area contributed by atoms with Gasteiger partial charge >= 0.3 is 0 Å². The molecule has 1 aliphatic heterocycles. The lowest BCUT2D eigenvalue weighted by Crippen LogP contribution is -2.29. The van der Waals surface area contributed by atoms with E-state index in [-0.39, 0.29) is 10.3 Å². The second-order valence-electron chi connectivity index (χ2n) is 4.08. The van der Waals surface area contributed by atoms with Crippen LogP contribution in [0.2, 0.25) is 0 Å². The Morgan fingerprint density at radius 1 is 1.50 bits per heavy atom. The lowest BCUT2D eigenvalue weighted by atomic mass is 10.4. The van der Waals surface area contributed by atoms with Crippen LogP contribution in [-0.2, 0) is 10.0 Å². The van der Waals surface area contributed by atoms with Crippen LogP contribution in [0.25, 0.3) is 0 Å². The van der Waals surface area contributed by atoms with Crippen molar-refractivity contribution in [1.82, 2.24) is 14.3 Å². The number of anilines is 1. The molecule has 0 aliphatic carbocycles. The molecule has 100 valence electrons. The molecule has 6 nitrogen and oxygen atoms in total. The highest BCUT2D eigenvalue weighted by atomic mass is 32.2. The van der Waals surface area contributed by atoms with E-state index in [4.69, 9.17) is 0 Å². The monoisotopic (exact) mass is 288 g/mol. The summed E-state index contributed by atoms with van der Waals surface area (Å²) in [5.74, 6) is 0.574. The second-order valence-corrected chi connectivity index (χ2v) is 6.69. The molecular weight excluding hydrogens is 272 g/mol. The number of nitrogens with zero attached hydrogens (tertiary/aromatic N) is 3. The highest BCUT2D eigenvalue weighted by Gasteiger charge is 2.32. The largest absolute Gasteiger partial charge is 0.369 e. The van der Waals surface area contributed by atoms with Gasteiger partial charge in [-0.15, -0.1) is 0 Å². The summed E-state index contributed by atoms with van der Waals surface area (Å²) < 4.78 is 25.8. The van der Waals surface area contributed by atoms with E-state index in [1.54, 1.807) is 0 Å². The van der Waals surface area contributed by atoms with Gasteiger partial charge in [-0.3, -0.25) is 0 Å². The Morgan fingerprint density at radius 3 is 2.78 bits per heavy atom. The first kappa shape index (κ1) is 13.6. The van der Waals surface area contributed by atoms with Crippen molar-refractivity contribution in [1.29, 1.82) is 0 Å². The van der Waals surface area contributed by atoms with Crippen molar-refractivity contribution in [3.8, 4) is 0 Å². The molecule has 2 rings (SSSR count). The van der Waals surface area contributed by atoms with E-state index in [9.17, 15) is 8.42 Å².